The fourth-order valence-electron chi connectivity index (χ4n) is 2.22. The number of halogens is 1. The van der Waals surface area contributed by atoms with Gasteiger partial charge in [0.15, 0.2) is 5.76 Å². The third kappa shape index (κ3) is 1.52. The van der Waals surface area contributed by atoms with Gasteiger partial charge in [-0.15, -0.1) is 0 Å². The van der Waals surface area contributed by atoms with Crippen LogP contribution in [0.15, 0.2) is 28.8 Å². The topological polar surface area (TPSA) is 26.0 Å². The van der Waals surface area contributed by atoms with Gasteiger partial charge in [0, 0.05) is 11.1 Å². The van der Waals surface area contributed by atoms with Crippen molar-refractivity contribution in [1.82, 2.24) is 5.16 Å². The first-order chi connectivity index (χ1) is 7.84. The summed E-state index contributed by atoms with van der Waals surface area (Å²) in [5.74, 6) is 0.590. The Morgan fingerprint density at radius 1 is 1.06 bits per heavy atom. The van der Waals surface area contributed by atoms with Gasteiger partial charge >= 0.3 is 0 Å². The summed E-state index contributed by atoms with van der Waals surface area (Å²) in [6.45, 7) is 0. The van der Waals surface area contributed by atoms with Crippen molar-refractivity contribution in [3.05, 3.63) is 41.3 Å². The summed E-state index contributed by atoms with van der Waals surface area (Å²) in [6, 6.07) is 6.38. The first-order valence-corrected chi connectivity index (χ1v) is 5.58. The predicted molar refractivity (Wildman–Crippen MR) is 58.5 cm³/mol. The number of aryl methyl sites for hydroxylation is 1. The summed E-state index contributed by atoms with van der Waals surface area (Å²) in [5.41, 5.74) is 3.19. The molecule has 1 aromatic heterocycles. The molecule has 1 heterocycles. The van der Waals surface area contributed by atoms with E-state index >= 15 is 0 Å². The lowest BCUT2D eigenvalue weighted by Crippen LogP contribution is -2.01. The molecule has 2 aromatic rings. The molecule has 3 heteroatoms. The molecular weight excluding hydrogens is 205 g/mol. The zero-order valence-corrected chi connectivity index (χ0v) is 8.87. The van der Waals surface area contributed by atoms with Crippen molar-refractivity contribution in [3.63, 3.8) is 0 Å². The van der Waals surface area contributed by atoms with Gasteiger partial charge in [0.1, 0.15) is 5.82 Å². The minimum atomic E-state index is -0.225. The van der Waals surface area contributed by atoms with Crippen LogP contribution >= 0.6 is 0 Å². The van der Waals surface area contributed by atoms with Gasteiger partial charge in [0.25, 0.3) is 0 Å². The summed E-state index contributed by atoms with van der Waals surface area (Å²) in [5, 5.41) is 4.09. The molecule has 1 aromatic carbocycles. The molecule has 0 bridgehead atoms. The van der Waals surface area contributed by atoms with Gasteiger partial charge < -0.3 is 4.52 Å². The van der Waals surface area contributed by atoms with E-state index in [-0.39, 0.29) is 5.82 Å². The number of hydrogen-bond donors (Lipinski definition) is 0. The van der Waals surface area contributed by atoms with E-state index in [0.717, 1.165) is 29.9 Å². The summed E-state index contributed by atoms with van der Waals surface area (Å²) >= 11 is 0. The van der Waals surface area contributed by atoms with E-state index in [9.17, 15) is 4.39 Å². The monoisotopic (exact) mass is 217 g/mol. The highest BCUT2D eigenvalue weighted by Gasteiger charge is 2.20. The average Bonchev–Trinajstić information content (AvgIpc) is 2.74. The molecule has 2 nitrogen and oxygen atoms in total. The van der Waals surface area contributed by atoms with Gasteiger partial charge in [-0.05, 0) is 49.9 Å². The third-order valence-electron chi connectivity index (χ3n) is 3.07. The van der Waals surface area contributed by atoms with Crippen LogP contribution in [0.3, 0.4) is 0 Å². The average molecular weight is 217 g/mol. The van der Waals surface area contributed by atoms with Crippen LogP contribution in [0.25, 0.3) is 11.3 Å². The van der Waals surface area contributed by atoms with Gasteiger partial charge in [0.05, 0.1) is 5.69 Å². The minimum absolute atomic E-state index is 0.225. The number of fused-ring (bicyclic) bond motifs is 1. The lowest BCUT2D eigenvalue weighted by molar-refractivity contribution is 0.423. The molecule has 0 amide bonds. The minimum Gasteiger partial charge on any atom is -0.356 e. The Balaban J connectivity index is 2.06. The Labute approximate surface area is 93.1 Å². The highest BCUT2D eigenvalue weighted by molar-refractivity contribution is 5.62. The molecule has 0 saturated carbocycles. The van der Waals surface area contributed by atoms with Crippen LogP contribution in [0.5, 0.6) is 0 Å². The number of nitrogens with zero attached hydrogens (tertiary/aromatic N) is 1. The Morgan fingerprint density at radius 2 is 1.81 bits per heavy atom. The SMILES string of the molecule is Fc1ccc(-c2onc3c2CCCC3)cc1. The van der Waals surface area contributed by atoms with Crippen LogP contribution in [0, 0.1) is 5.82 Å². The molecule has 0 aliphatic heterocycles. The van der Waals surface area contributed by atoms with Crippen LogP contribution in [-0.4, -0.2) is 5.16 Å². The molecule has 0 fully saturated rings. The molecule has 0 radical (unpaired) electrons. The maximum atomic E-state index is 12.8. The highest BCUT2D eigenvalue weighted by atomic mass is 19.1. The standard InChI is InChI=1S/C13H12FNO/c14-10-7-5-9(6-8-10)13-11-3-1-2-4-12(11)15-16-13/h5-8H,1-4H2. The zero-order chi connectivity index (χ0) is 11.0. The predicted octanol–water partition coefficient (Wildman–Crippen LogP) is 3.36. The van der Waals surface area contributed by atoms with Crippen molar-refractivity contribution in [2.45, 2.75) is 25.7 Å². The van der Waals surface area contributed by atoms with Crippen molar-refractivity contribution in [3.8, 4) is 11.3 Å². The molecule has 0 spiro atoms. The van der Waals surface area contributed by atoms with E-state index in [1.54, 1.807) is 12.1 Å². The van der Waals surface area contributed by atoms with Gasteiger partial charge in [-0.3, -0.25) is 0 Å². The largest absolute Gasteiger partial charge is 0.356 e. The van der Waals surface area contributed by atoms with Crippen LogP contribution in [0.4, 0.5) is 4.39 Å². The van der Waals surface area contributed by atoms with E-state index < -0.39 is 0 Å². The van der Waals surface area contributed by atoms with Crippen LogP contribution < -0.4 is 0 Å². The quantitative estimate of drug-likeness (QED) is 0.732. The highest BCUT2D eigenvalue weighted by Crippen LogP contribution is 2.31. The molecule has 1 aliphatic carbocycles. The second-order valence-corrected chi connectivity index (χ2v) is 4.15. The molecule has 82 valence electrons. The van der Waals surface area contributed by atoms with E-state index in [0.29, 0.717) is 0 Å². The molecule has 0 atom stereocenters. The molecule has 0 saturated heterocycles. The van der Waals surface area contributed by atoms with E-state index in [1.165, 1.54) is 30.5 Å². The fraction of sp³-hybridized carbons (Fsp3) is 0.308. The van der Waals surface area contributed by atoms with Crippen LogP contribution in [0.1, 0.15) is 24.1 Å². The van der Waals surface area contributed by atoms with Gasteiger partial charge in [-0.2, -0.15) is 0 Å². The lowest BCUT2D eigenvalue weighted by atomic mass is 9.94. The van der Waals surface area contributed by atoms with Crippen LogP contribution in [-0.2, 0) is 12.8 Å². The van der Waals surface area contributed by atoms with Gasteiger partial charge in [-0.1, -0.05) is 5.16 Å². The second-order valence-electron chi connectivity index (χ2n) is 4.15. The Kier molecular flexibility index (Phi) is 2.24. The van der Waals surface area contributed by atoms with E-state index in [1.807, 2.05) is 0 Å². The summed E-state index contributed by atoms with van der Waals surface area (Å²) in [7, 11) is 0. The third-order valence-corrected chi connectivity index (χ3v) is 3.07. The summed E-state index contributed by atoms with van der Waals surface area (Å²) < 4.78 is 18.2. The molecule has 0 N–H and O–H groups in total. The molecule has 16 heavy (non-hydrogen) atoms. The Bertz CT molecular complexity index is 501. The number of aromatic nitrogens is 1. The maximum absolute atomic E-state index is 12.8. The molecule has 1 aliphatic rings. The van der Waals surface area contributed by atoms with E-state index in [2.05, 4.69) is 5.16 Å². The normalized spacial score (nSPS) is 14.8. The number of rotatable bonds is 1. The maximum Gasteiger partial charge on any atom is 0.170 e. The summed E-state index contributed by atoms with van der Waals surface area (Å²) in [4.78, 5) is 0. The summed E-state index contributed by atoms with van der Waals surface area (Å²) in [6.07, 6.45) is 4.39. The Hall–Kier alpha value is -1.64. The fourth-order valence-corrected chi connectivity index (χ4v) is 2.22. The van der Waals surface area contributed by atoms with Crippen molar-refractivity contribution >= 4 is 0 Å². The van der Waals surface area contributed by atoms with Crippen molar-refractivity contribution in [1.29, 1.82) is 0 Å². The Morgan fingerprint density at radius 3 is 2.62 bits per heavy atom. The van der Waals surface area contributed by atoms with Crippen molar-refractivity contribution in [2.75, 3.05) is 0 Å². The van der Waals surface area contributed by atoms with Crippen LogP contribution in [0.2, 0.25) is 0 Å². The van der Waals surface area contributed by atoms with Gasteiger partial charge in [-0.25, -0.2) is 4.39 Å². The van der Waals surface area contributed by atoms with Gasteiger partial charge in [0.2, 0.25) is 0 Å². The van der Waals surface area contributed by atoms with E-state index in [4.69, 9.17) is 4.52 Å². The smallest absolute Gasteiger partial charge is 0.170 e. The molecule has 3 rings (SSSR count). The van der Waals surface area contributed by atoms with Crippen molar-refractivity contribution in [2.24, 2.45) is 0 Å². The number of benzene rings is 1. The van der Waals surface area contributed by atoms with Crippen molar-refractivity contribution < 1.29 is 8.91 Å². The molecule has 0 unspecified atom stereocenters. The number of hydrogen-bond acceptors (Lipinski definition) is 2. The second kappa shape index (κ2) is 3.74. The molecular formula is C13H12FNO. The lowest BCUT2D eigenvalue weighted by Gasteiger charge is -2.08. The zero-order valence-electron chi connectivity index (χ0n) is 8.87. The first kappa shape index (κ1) is 9.58. The first-order valence-electron chi connectivity index (χ1n) is 5.58.